The Hall–Kier alpha value is -0.950. The van der Waals surface area contributed by atoms with Crippen molar-refractivity contribution in [1.82, 2.24) is 15.1 Å². The lowest BCUT2D eigenvalue weighted by Gasteiger charge is -2.39. The van der Waals surface area contributed by atoms with Crippen LogP contribution >= 0.6 is 11.8 Å². The second-order valence-electron chi connectivity index (χ2n) is 6.97. The number of rotatable bonds is 4. The van der Waals surface area contributed by atoms with Gasteiger partial charge >= 0.3 is 0 Å². The average molecular weight is 343 g/mol. The quantitative estimate of drug-likeness (QED) is 0.611. The van der Waals surface area contributed by atoms with Crippen molar-refractivity contribution in [2.24, 2.45) is 4.99 Å². The molecular formula is C16H30N4O2S. The van der Waals surface area contributed by atoms with Crippen LogP contribution in [0, 0.1) is 0 Å². The third-order valence-electron chi connectivity index (χ3n) is 4.10. The van der Waals surface area contributed by atoms with Crippen molar-refractivity contribution in [3.05, 3.63) is 0 Å². The fourth-order valence-electron chi connectivity index (χ4n) is 2.76. The van der Waals surface area contributed by atoms with Crippen molar-refractivity contribution in [2.75, 3.05) is 52.6 Å². The zero-order chi connectivity index (χ0) is 16.9. The van der Waals surface area contributed by atoms with Gasteiger partial charge in [-0.1, -0.05) is 0 Å². The largest absolute Gasteiger partial charge is 0.376 e. The van der Waals surface area contributed by atoms with Gasteiger partial charge in [0, 0.05) is 50.8 Å². The van der Waals surface area contributed by atoms with Gasteiger partial charge in [-0.2, -0.15) is 11.8 Å². The molecule has 0 aromatic heterocycles. The lowest BCUT2D eigenvalue weighted by atomic mass is 10.2. The van der Waals surface area contributed by atoms with E-state index in [1.165, 1.54) is 0 Å². The van der Waals surface area contributed by atoms with E-state index < -0.39 is 0 Å². The molecular weight excluding hydrogens is 312 g/mol. The number of hydrogen-bond donors (Lipinski definition) is 1. The number of hydrogen-bond acceptors (Lipinski definition) is 4. The first-order valence-electron chi connectivity index (χ1n) is 8.36. The third kappa shape index (κ3) is 5.88. The smallest absolute Gasteiger partial charge is 0.243 e. The molecule has 23 heavy (non-hydrogen) atoms. The molecule has 0 radical (unpaired) electrons. The first kappa shape index (κ1) is 18.4. The second kappa shape index (κ2) is 8.24. The molecule has 2 aliphatic rings. The molecule has 2 saturated heterocycles. The Morgan fingerprint density at radius 1 is 1.48 bits per heavy atom. The van der Waals surface area contributed by atoms with Crippen LogP contribution in [0.4, 0.5) is 0 Å². The number of ether oxygens (including phenoxy) is 1. The number of guanidine groups is 1. The van der Waals surface area contributed by atoms with Crippen molar-refractivity contribution < 1.29 is 9.53 Å². The van der Waals surface area contributed by atoms with Crippen LogP contribution in [-0.2, 0) is 9.53 Å². The lowest BCUT2D eigenvalue weighted by Crippen LogP contribution is -2.52. The van der Waals surface area contributed by atoms with Gasteiger partial charge < -0.3 is 19.9 Å². The molecule has 132 valence electrons. The molecule has 1 atom stereocenters. The highest BCUT2D eigenvalue weighted by atomic mass is 32.2. The Kier molecular flexibility index (Phi) is 6.59. The summed E-state index contributed by atoms with van der Waals surface area (Å²) in [6, 6.07) is 0. The monoisotopic (exact) mass is 342 g/mol. The summed E-state index contributed by atoms with van der Waals surface area (Å²) >= 11 is 1.99. The lowest BCUT2D eigenvalue weighted by molar-refractivity contribution is -0.127. The van der Waals surface area contributed by atoms with E-state index in [0.29, 0.717) is 0 Å². The molecule has 2 aliphatic heterocycles. The maximum absolute atomic E-state index is 11.9. The van der Waals surface area contributed by atoms with Crippen LogP contribution in [0.5, 0.6) is 0 Å². The number of carbonyl (C=O) groups is 1. The average Bonchev–Trinajstić information content (AvgIpc) is 2.99. The predicted molar refractivity (Wildman–Crippen MR) is 96.1 cm³/mol. The normalized spacial score (nSPS) is 24.6. The Morgan fingerprint density at radius 3 is 2.87 bits per heavy atom. The van der Waals surface area contributed by atoms with Crippen molar-refractivity contribution in [2.45, 2.75) is 37.5 Å². The van der Waals surface area contributed by atoms with E-state index in [9.17, 15) is 4.79 Å². The standard InChI is InChI=1S/C16H30N4O2S/c1-16(2)12-20(7-9-23-16)15(18-11-14(21)19(3)4)17-10-13-6-5-8-22-13/h13H,5-12H2,1-4H3,(H,17,18). The van der Waals surface area contributed by atoms with Gasteiger partial charge in [0.05, 0.1) is 6.10 Å². The number of thioether (sulfide) groups is 1. The van der Waals surface area contributed by atoms with Gasteiger partial charge in [0.15, 0.2) is 5.96 Å². The highest BCUT2D eigenvalue weighted by Crippen LogP contribution is 2.29. The minimum Gasteiger partial charge on any atom is -0.376 e. The number of likely N-dealkylation sites (N-methyl/N-ethyl adjacent to an activating group) is 1. The molecule has 2 fully saturated rings. The minimum absolute atomic E-state index is 0.0204. The highest BCUT2D eigenvalue weighted by Gasteiger charge is 2.29. The van der Waals surface area contributed by atoms with Gasteiger partial charge in [-0.05, 0) is 26.7 Å². The maximum Gasteiger partial charge on any atom is 0.243 e. The number of amides is 1. The van der Waals surface area contributed by atoms with E-state index in [4.69, 9.17) is 4.74 Å². The molecule has 1 unspecified atom stereocenters. The van der Waals surface area contributed by atoms with Crippen LogP contribution in [0.3, 0.4) is 0 Å². The zero-order valence-electron chi connectivity index (χ0n) is 14.8. The summed E-state index contributed by atoms with van der Waals surface area (Å²) in [5.41, 5.74) is 0. The fraction of sp³-hybridized carbons (Fsp3) is 0.875. The molecule has 7 heteroatoms. The van der Waals surface area contributed by atoms with Gasteiger partial charge in [0.25, 0.3) is 0 Å². The van der Waals surface area contributed by atoms with Gasteiger partial charge in [-0.25, -0.2) is 4.99 Å². The number of nitrogens with one attached hydrogen (secondary N) is 1. The van der Waals surface area contributed by atoms with E-state index in [2.05, 4.69) is 29.1 Å². The molecule has 0 bridgehead atoms. The van der Waals surface area contributed by atoms with Crippen molar-refractivity contribution in [3.8, 4) is 0 Å². The summed E-state index contributed by atoms with van der Waals surface area (Å²) in [5.74, 6) is 1.94. The topological polar surface area (TPSA) is 57.2 Å². The Bertz CT molecular complexity index is 434. The van der Waals surface area contributed by atoms with Crippen LogP contribution in [0.25, 0.3) is 0 Å². The summed E-state index contributed by atoms with van der Waals surface area (Å²) in [5, 5.41) is 3.43. The number of carbonyl (C=O) groups excluding carboxylic acids is 1. The van der Waals surface area contributed by atoms with Crippen LogP contribution < -0.4 is 5.32 Å². The fourth-order valence-corrected chi connectivity index (χ4v) is 3.87. The van der Waals surface area contributed by atoms with Crippen LogP contribution in [0.2, 0.25) is 0 Å². The van der Waals surface area contributed by atoms with Crippen LogP contribution in [-0.4, -0.2) is 85.2 Å². The Morgan fingerprint density at radius 2 is 2.26 bits per heavy atom. The summed E-state index contributed by atoms with van der Waals surface area (Å²) in [7, 11) is 3.52. The molecule has 6 nitrogen and oxygen atoms in total. The van der Waals surface area contributed by atoms with Crippen LogP contribution in [0.1, 0.15) is 26.7 Å². The molecule has 0 aromatic carbocycles. The van der Waals surface area contributed by atoms with Crippen molar-refractivity contribution >= 4 is 23.6 Å². The summed E-state index contributed by atoms with van der Waals surface area (Å²) < 4.78 is 5.88. The van der Waals surface area contributed by atoms with Gasteiger partial charge in [0.2, 0.25) is 5.91 Å². The number of nitrogens with zero attached hydrogens (tertiary/aromatic N) is 3. The Labute approximate surface area is 144 Å². The second-order valence-corrected chi connectivity index (χ2v) is 8.78. The maximum atomic E-state index is 11.9. The Balaban J connectivity index is 2.00. The number of aliphatic imine (C=N–C) groups is 1. The third-order valence-corrected chi connectivity index (χ3v) is 5.40. The van der Waals surface area contributed by atoms with Crippen LogP contribution in [0.15, 0.2) is 4.99 Å². The van der Waals surface area contributed by atoms with Crippen molar-refractivity contribution in [1.29, 1.82) is 0 Å². The molecule has 1 amide bonds. The van der Waals surface area contributed by atoms with Gasteiger partial charge in [-0.15, -0.1) is 0 Å². The van der Waals surface area contributed by atoms with Gasteiger partial charge in [0.1, 0.15) is 6.54 Å². The van der Waals surface area contributed by atoms with Gasteiger partial charge in [-0.3, -0.25) is 4.79 Å². The molecule has 0 saturated carbocycles. The predicted octanol–water partition coefficient (Wildman–Crippen LogP) is 1.03. The highest BCUT2D eigenvalue weighted by molar-refractivity contribution is 8.00. The SMILES string of the molecule is CN(C)C(=O)CN=C(NCC1CCCO1)N1CCSC(C)(C)C1. The van der Waals surface area contributed by atoms with E-state index in [1.54, 1.807) is 19.0 Å². The van der Waals surface area contributed by atoms with E-state index in [0.717, 1.165) is 50.8 Å². The minimum atomic E-state index is 0.0204. The van der Waals surface area contributed by atoms with Crippen molar-refractivity contribution in [3.63, 3.8) is 0 Å². The van der Waals surface area contributed by atoms with E-state index in [-0.39, 0.29) is 23.3 Å². The zero-order valence-corrected chi connectivity index (χ0v) is 15.6. The van der Waals surface area contributed by atoms with E-state index in [1.807, 2.05) is 11.8 Å². The van der Waals surface area contributed by atoms with E-state index >= 15 is 0 Å². The summed E-state index contributed by atoms with van der Waals surface area (Å²) in [6.45, 7) is 8.21. The molecule has 0 aliphatic carbocycles. The molecule has 0 aromatic rings. The molecule has 2 heterocycles. The summed E-state index contributed by atoms with van der Waals surface area (Å²) in [6.07, 6.45) is 2.49. The first-order valence-corrected chi connectivity index (χ1v) is 9.35. The first-order chi connectivity index (χ1) is 10.9. The molecule has 0 spiro atoms. The molecule has 1 N–H and O–H groups in total. The summed E-state index contributed by atoms with van der Waals surface area (Å²) in [4.78, 5) is 20.3. The molecule has 2 rings (SSSR count).